The van der Waals surface area contributed by atoms with E-state index in [1.165, 1.54) is 0 Å². The molecule has 0 bridgehead atoms. The molecule has 0 radical (unpaired) electrons. The third-order valence-electron chi connectivity index (χ3n) is 17.5. The molecule has 18 nitrogen and oxygen atoms in total. The molecule has 3 aliphatic rings. The van der Waals surface area contributed by atoms with E-state index in [1.54, 1.807) is 44.9 Å². The van der Waals surface area contributed by atoms with Crippen LogP contribution in [0.15, 0.2) is 179 Å². The van der Waals surface area contributed by atoms with Crippen LogP contribution in [0.4, 0.5) is 0 Å². The number of fused-ring (bicyclic) bond motifs is 9. The standard InChI is InChI=1S/2C24H23N3O3.C23H20ClN3O3.CH3.ClH.Zn/c2*1-15-6-7-16(12-25-15)10-17-11-20-23(19-5-3-2-4-18(17)19)26-14-27(24(20)29)21-8-9-30-13-22(21)28;24-21-6-5-14(11-25-21)9-15-10-18-22(17-4-2-1-3-16(15)17)26-13-27(23(18)29)19-7-8-30-12-20(19)28;;;/h2*2-7,11-12,14,21-22,28H,8-10,13H2,1H3;1-6,10-11,13,19-20,28H,7-9,12H2;1H3;1H;/q;;;-1;;+2/p-1/t2*21-,22-;19-,20-;;;/m000.../s1. The fraction of sp³-hybridized carbons (Fsp3) is 0.278. The van der Waals surface area contributed by atoms with Crippen molar-refractivity contribution in [2.75, 3.05) is 39.6 Å². The van der Waals surface area contributed by atoms with Gasteiger partial charge in [-0.3, -0.25) is 38.1 Å². The molecule has 0 unspecified atom stereocenters. The summed E-state index contributed by atoms with van der Waals surface area (Å²) in [7, 11) is 4.76. The second-order valence-electron chi connectivity index (χ2n) is 23.4. The summed E-state index contributed by atoms with van der Waals surface area (Å²) in [6.07, 6.45) is 11.8. The van der Waals surface area contributed by atoms with Gasteiger partial charge in [0.05, 0.1) is 108 Å². The van der Waals surface area contributed by atoms with E-state index in [2.05, 4.69) is 54.2 Å². The van der Waals surface area contributed by atoms with E-state index in [-0.39, 0.29) is 62.1 Å². The van der Waals surface area contributed by atoms with Gasteiger partial charge in [-0.25, -0.2) is 19.9 Å². The van der Waals surface area contributed by atoms with Crippen LogP contribution >= 0.6 is 21.3 Å². The predicted octanol–water partition coefficient (Wildman–Crippen LogP) is 11.0. The van der Waals surface area contributed by atoms with Gasteiger partial charge in [-0.15, -0.1) is 0 Å². The summed E-state index contributed by atoms with van der Waals surface area (Å²) >= 11 is 6.77. The molecule has 3 N–H and O–H groups in total. The maximum atomic E-state index is 13.4. The van der Waals surface area contributed by atoms with Crippen LogP contribution < -0.4 is 16.7 Å². The monoisotopic (exact) mass is 1340 g/mol. The van der Waals surface area contributed by atoms with Crippen molar-refractivity contribution in [3.05, 3.63) is 253 Å². The van der Waals surface area contributed by atoms with Gasteiger partial charge in [0.15, 0.2) is 0 Å². The first-order chi connectivity index (χ1) is 44.8. The number of halogens is 2. The van der Waals surface area contributed by atoms with Crippen molar-refractivity contribution in [2.45, 2.75) is 88.8 Å². The number of aromatic nitrogens is 9. The summed E-state index contributed by atoms with van der Waals surface area (Å²) in [6, 6.07) is 40.8. The molecule has 3 fully saturated rings. The third-order valence-corrected chi connectivity index (χ3v) is 17.7. The Morgan fingerprint density at radius 3 is 1.01 bits per heavy atom. The van der Waals surface area contributed by atoms with Crippen LogP contribution in [0.25, 0.3) is 65.0 Å². The van der Waals surface area contributed by atoms with Crippen molar-refractivity contribution in [1.82, 2.24) is 43.6 Å². The molecule has 0 saturated carbocycles. The maximum absolute atomic E-state index is 13.4. The Hall–Kier alpha value is -8.07. The van der Waals surface area contributed by atoms with Crippen LogP contribution in [0.1, 0.15) is 82.2 Å². The van der Waals surface area contributed by atoms with Crippen molar-refractivity contribution in [3.8, 4) is 0 Å². The fourth-order valence-corrected chi connectivity index (χ4v) is 12.9. The Kier molecular flexibility index (Phi) is 21.4. The van der Waals surface area contributed by atoms with Crippen LogP contribution in [-0.2, 0) is 50.8 Å². The Morgan fingerprint density at radius 2 is 0.731 bits per heavy atom. The summed E-state index contributed by atoms with van der Waals surface area (Å²) in [5.74, 6) is 0. The predicted molar refractivity (Wildman–Crippen MR) is 360 cm³/mol. The number of aryl methyl sites for hydroxylation is 2. The van der Waals surface area contributed by atoms with Crippen LogP contribution in [0.5, 0.6) is 0 Å². The molecule has 21 heteroatoms. The Labute approximate surface area is 555 Å². The summed E-state index contributed by atoms with van der Waals surface area (Å²) in [6.45, 7) is 6.19. The molecule has 0 amide bonds. The van der Waals surface area contributed by atoms with E-state index < -0.39 is 18.3 Å². The normalized spacial score (nSPS) is 18.8. The van der Waals surface area contributed by atoms with Crippen LogP contribution in [0.2, 0.25) is 5.15 Å². The van der Waals surface area contributed by atoms with Crippen molar-refractivity contribution in [1.29, 1.82) is 0 Å². The van der Waals surface area contributed by atoms with Gasteiger partial charge in [0.25, 0.3) is 16.7 Å². The van der Waals surface area contributed by atoms with E-state index in [9.17, 15) is 29.7 Å². The molecule has 9 heterocycles. The van der Waals surface area contributed by atoms with Crippen molar-refractivity contribution >= 4 is 86.3 Å². The van der Waals surface area contributed by atoms with Crippen molar-refractivity contribution < 1.29 is 46.8 Å². The average Bonchev–Trinajstić information content (AvgIpc) is 0.805. The van der Waals surface area contributed by atoms with E-state index in [1.807, 2.05) is 123 Å². The van der Waals surface area contributed by atoms with E-state index >= 15 is 0 Å². The quantitative estimate of drug-likeness (QED) is 0.0528. The zero-order valence-electron chi connectivity index (χ0n) is 51.8. The molecule has 0 aliphatic carbocycles. The molecule has 6 atom stereocenters. The summed E-state index contributed by atoms with van der Waals surface area (Å²) in [5, 5.41) is 39.2. The first-order valence-corrected chi connectivity index (χ1v) is 34.8. The number of ether oxygens (including phenoxy) is 3. The van der Waals surface area contributed by atoms with Crippen LogP contribution in [0, 0.1) is 21.3 Å². The number of hydrogen-bond donors (Lipinski definition) is 3. The minimum atomic E-state index is -0.726. The van der Waals surface area contributed by atoms with Crippen LogP contribution in [0.3, 0.4) is 0 Å². The number of pyridine rings is 3. The Bertz CT molecular complexity index is 4350. The molecular formula is C72H69Cl2N9O9Zn. The molecule has 15 rings (SSSR count). The number of rotatable bonds is 9. The molecule has 3 saturated heterocycles. The zero-order chi connectivity index (χ0) is 64.0. The number of aliphatic hydroxyl groups excluding tert-OH is 3. The second kappa shape index (κ2) is 29.9. The van der Waals surface area contributed by atoms with Crippen molar-refractivity contribution in [2.24, 2.45) is 0 Å². The number of benzene rings is 6. The Balaban J connectivity index is 0.000000140. The molecule has 6 aromatic heterocycles. The second-order valence-corrected chi connectivity index (χ2v) is 23.8. The van der Waals surface area contributed by atoms with Gasteiger partial charge in [0.2, 0.25) is 0 Å². The zero-order valence-corrected chi connectivity index (χ0v) is 56.3. The number of aliphatic hydroxyl groups is 3. The summed E-state index contributed by atoms with van der Waals surface area (Å²) < 4.78 is 20.6. The molecular weight excluding hydrogens is 1270 g/mol. The van der Waals surface area contributed by atoms with Crippen LogP contribution in [-0.4, -0.2) is 117 Å². The van der Waals surface area contributed by atoms with E-state index in [4.69, 9.17) is 35.5 Å². The molecule has 0 spiro atoms. The topological polar surface area (TPSA) is 232 Å². The number of hydrogen-bond acceptors (Lipinski definition) is 15. The third kappa shape index (κ3) is 14.2. The van der Waals surface area contributed by atoms with Gasteiger partial charge < -0.3 is 37.0 Å². The minimum absolute atomic E-state index is 0. The number of nitrogens with zero attached hydrogens (tertiary/aromatic N) is 9. The van der Waals surface area contributed by atoms with Crippen molar-refractivity contribution in [3.63, 3.8) is 0 Å². The summed E-state index contributed by atoms with van der Waals surface area (Å²) in [4.78, 5) is 67.1. The fourth-order valence-electron chi connectivity index (χ4n) is 12.8. The first kappa shape index (κ1) is 66.4. The molecule has 472 valence electrons. The van der Waals surface area contributed by atoms with E-state index in [0.717, 1.165) is 94.4 Å². The summed E-state index contributed by atoms with van der Waals surface area (Å²) in [5.41, 5.74) is 9.95. The van der Waals surface area contributed by atoms with Gasteiger partial charge in [-0.1, -0.05) is 103 Å². The molecule has 93 heavy (non-hydrogen) atoms. The molecule has 6 aromatic carbocycles. The van der Waals surface area contributed by atoms with Gasteiger partial charge >= 0.3 is 27.0 Å². The molecule has 3 aliphatic heterocycles. The molecule has 12 aromatic rings. The van der Waals surface area contributed by atoms with Gasteiger partial charge in [-0.05, 0) is 138 Å². The van der Waals surface area contributed by atoms with Gasteiger partial charge in [0, 0.05) is 66.0 Å². The first-order valence-electron chi connectivity index (χ1n) is 30.6. The SMILES string of the molecule is Cc1ccc(Cc2cc3c(=O)n([C@H]4CCOC[C@@H]4O)cnc3c3ccccc23)cn1.Cc1ccc(Cc2cc3c(=O)n([C@H]4CCOC[C@@H]4O)cnc3c3ccccc23)cn1.O=c1c2cc(Cc3ccc(Cl)nc3)c3ccccc3c2ncn1[C@H]1CCOC[C@@H]1O.[CH3-].[Cl][Zn+]. The van der Waals surface area contributed by atoms with Gasteiger partial charge in [-0.2, -0.15) is 0 Å². The van der Waals surface area contributed by atoms with Gasteiger partial charge in [0.1, 0.15) is 5.15 Å². The Morgan fingerprint density at radius 1 is 0.430 bits per heavy atom. The van der Waals surface area contributed by atoms with E-state index in [0.29, 0.717) is 96.2 Å². The average molecular weight is 1340 g/mol.